The SMILES string of the molecule is [SiH3][SiH]([SiH3])[SiH2][SiH2][SiH2][SiH]([SiH3])[SiH3]. The standard InChI is InChI=1S/H20Si9/c1-8(2)6-5-7-9(3)4/h8-9H,5-7H2,1-4H3. The monoisotopic (exact) mass is 272 g/mol. The Hall–Kier alpha value is 1.95. The van der Waals surface area contributed by atoms with Gasteiger partial charge in [0.1, 0.15) is 0 Å². The first-order chi connectivity index (χ1) is 4.13. The third kappa shape index (κ3) is 9.95. The van der Waals surface area contributed by atoms with E-state index in [0.29, 0.717) is 14.7 Å². The summed E-state index contributed by atoms with van der Waals surface area (Å²) < 4.78 is 0. The molecule has 0 saturated carbocycles. The molecular formula is H20Si9. The van der Waals surface area contributed by atoms with Gasteiger partial charge in [0.05, 0.1) is 0 Å². The predicted octanol–water partition coefficient (Wildman–Crippen LogP) is -8.78. The van der Waals surface area contributed by atoms with Crippen LogP contribution in [0.3, 0.4) is 0 Å². The third-order valence-electron chi connectivity index (χ3n) is 1.56. The molecule has 9 heteroatoms. The van der Waals surface area contributed by atoms with E-state index < -0.39 is 0 Å². The van der Waals surface area contributed by atoms with Crippen LogP contribution in [0, 0.1) is 0 Å². The van der Waals surface area contributed by atoms with Gasteiger partial charge in [-0.2, -0.15) is 0 Å². The molecule has 0 aliphatic carbocycles. The maximum Gasteiger partial charge on any atom is -0.00799 e. The highest BCUT2D eigenvalue weighted by Gasteiger charge is 2.00. The van der Waals surface area contributed by atoms with Crippen LogP contribution in [0.1, 0.15) is 0 Å². The summed E-state index contributed by atoms with van der Waals surface area (Å²) in [4.78, 5) is 0. The molecule has 0 aromatic heterocycles. The maximum atomic E-state index is 1.74. The van der Waals surface area contributed by atoms with Gasteiger partial charge in [0.15, 0.2) is 0 Å². The average molecular weight is 273 g/mol. The second kappa shape index (κ2) is 6.65. The van der Waals surface area contributed by atoms with Crippen LogP contribution in [0.15, 0.2) is 0 Å². The highest BCUT2D eigenvalue weighted by atomic mass is 30.1. The molecule has 0 nitrogen and oxygen atoms in total. The van der Waals surface area contributed by atoms with Gasteiger partial charge in [-0.25, -0.2) is 0 Å². The summed E-state index contributed by atoms with van der Waals surface area (Å²) in [7, 11) is 10.2. The molecule has 0 unspecified atom stereocenters. The molecule has 0 N–H and O–H groups in total. The topological polar surface area (TPSA) is 0 Å². The summed E-state index contributed by atoms with van der Waals surface area (Å²) in [6.07, 6.45) is 0. The molecule has 0 aliphatic heterocycles. The van der Waals surface area contributed by atoms with E-state index in [4.69, 9.17) is 0 Å². The summed E-state index contributed by atoms with van der Waals surface area (Å²) in [6.45, 7) is 0. The summed E-state index contributed by atoms with van der Waals surface area (Å²) in [6, 6.07) is 0. The second-order valence-corrected chi connectivity index (χ2v) is 100. The van der Waals surface area contributed by atoms with Crippen LogP contribution in [0.5, 0.6) is 0 Å². The van der Waals surface area contributed by atoms with E-state index in [1.165, 1.54) is 0 Å². The summed E-state index contributed by atoms with van der Waals surface area (Å²) in [5.41, 5.74) is 0. The van der Waals surface area contributed by atoms with Crippen molar-refractivity contribution in [2.24, 2.45) is 0 Å². The fourth-order valence-corrected chi connectivity index (χ4v) is 227. The molecule has 0 rings (SSSR count). The third-order valence-corrected chi connectivity index (χ3v) is 127. The highest BCUT2D eigenvalue weighted by Crippen LogP contribution is 1.62. The molecule has 0 fully saturated rings. The van der Waals surface area contributed by atoms with Crippen LogP contribution in [-0.2, 0) is 0 Å². The Kier molecular flexibility index (Phi) is 8.09. The zero-order chi connectivity index (χ0) is 7.28. The minimum atomic E-state index is 0.337. The molecule has 0 atom stereocenters. The average Bonchev–Trinajstić information content (AvgIpc) is 1.63. The zero-order valence-corrected chi connectivity index (χ0v) is 21.8. The molecule has 0 amide bonds. The van der Waals surface area contributed by atoms with Crippen molar-refractivity contribution in [2.45, 2.75) is 0 Å². The van der Waals surface area contributed by atoms with E-state index in [-0.39, 0.29) is 0 Å². The fourth-order valence-electron chi connectivity index (χ4n) is 0.934. The minimum Gasteiger partial charge on any atom is -0.0115 e. The van der Waals surface area contributed by atoms with Crippen LogP contribution in [-0.4, -0.2) is 79.4 Å². The van der Waals surface area contributed by atoms with E-state index in [0.717, 1.165) is 25.7 Å². The van der Waals surface area contributed by atoms with Crippen molar-refractivity contribution in [3.05, 3.63) is 0 Å². The summed E-state index contributed by atoms with van der Waals surface area (Å²) in [5, 5.41) is 0. The quantitative estimate of drug-likeness (QED) is 0.446. The summed E-state index contributed by atoms with van der Waals surface area (Å²) >= 11 is 0. The lowest BCUT2D eigenvalue weighted by molar-refractivity contribution is 3.76. The van der Waals surface area contributed by atoms with Gasteiger partial charge in [0.25, 0.3) is 0 Å². The van der Waals surface area contributed by atoms with E-state index in [1.807, 2.05) is 0 Å². The summed E-state index contributed by atoms with van der Waals surface area (Å²) in [5.74, 6) is 0. The number of rotatable bonds is 4. The smallest absolute Gasteiger partial charge is 0.00799 e. The van der Waals surface area contributed by atoms with Crippen molar-refractivity contribution in [1.29, 1.82) is 0 Å². The zero-order valence-electron chi connectivity index (χ0n) is 7.28. The molecule has 0 saturated heterocycles. The number of hydrogen-bond acceptors (Lipinski definition) is 0. The van der Waals surface area contributed by atoms with Crippen LogP contribution < -0.4 is 0 Å². The molecule has 0 heterocycles. The largest absolute Gasteiger partial charge is 0.0115 e. The molecule has 0 aliphatic rings. The van der Waals surface area contributed by atoms with Gasteiger partial charge >= 0.3 is 0 Å². The van der Waals surface area contributed by atoms with Crippen molar-refractivity contribution in [1.82, 2.24) is 0 Å². The molecule has 0 bridgehead atoms. The first kappa shape index (κ1) is 11.0. The second-order valence-electron chi connectivity index (χ2n) is 3.72. The Morgan fingerprint density at radius 3 is 1.33 bits per heavy atom. The Bertz CT molecular complexity index is 45.1. The van der Waals surface area contributed by atoms with Crippen LogP contribution in [0.25, 0.3) is 0 Å². The van der Waals surface area contributed by atoms with Gasteiger partial charge in [-0.15, -0.1) is 0 Å². The van der Waals surface area contributed by atoms with E-state index >= 15 is 0 Å². The van der Waals surface area contributed by atoms with Crippen molar-refractivity contribution in [2.75, 3.05) is 0 Å². The molecule has 9 heavy (non-hydrogen) atoms. The van der Waals surface area contributed by atoms with Crippen molar-refractivity contribution >= 4 is 79.4 Å². The van der Waals surface area contributed by atoms with Gasteiger partial charge in [-0.3, -0.25) is 0 Å². The van der Waals surface area contributed by atoms with Crippen LogP contribution >= 0.6 is 0 Å². The van der Waals surface area contributed by atoms with Gasteiger partial charge in [0, 0.05) is 0 Å². The van der Waals surface area contributed by atoms with Gasteiger partial charge in [0.2, 0.25) is 0 Å². The molecule has 0 radical (unpaired) electrons. The lowest BCUT2D eigenvalue weighted by atomic mass is 26.1. The van der Waals surface area contributed by atoms with Crippen LogP contribution in [0.4, 0.5) is 0 Å². The van der Waals surface area contributed by atoms with Gasteiger partial charge < -0.3 is 0 Å². The molecule has 56 valence electrons. The Morgan fingerprint density at radius 1 is 0.778 bits per heavy atom. The lowest BCUT2D eigenvalue weighted by Crippen LogP contribution is -2.38. The highest BCUT2D eigenvalue weighted by molar-refractivity contribution is 7.76. The predicted molar refractivity (Wildman–Crippen MR) is 79.7 cm³/mol. The first-order valence-electron chi connectivity index (χ1n) is 4.13. The van der Waals surface area contributed by atoms with Crippen molar-refractivity contribution in [3.63, 3.8) is 0 Å². The van der Waals surface area contributed by atoms with Crippen molar-refractivity contribution < 1.29 is 0 Å². The lowest BCUT2D eigenvalue weighted by Gasteiger charge is -2.01. The Labute approximate surface area is 79.0 Å². The van der Waals surface area contributed by atoms with E-state index in [9.17, 15) is 0 Å². The van der Waals surface area contributed by atoms with Gasteiger partial charge in [-0.05, 0) is 79.4 Å². The van der Waals surface area contributed by atoms with Crippen molar-refractivity contribution in [3.8, 4) is 0 Å². The molecule has 0 spiro atoms. The molecule has 0 aromatic rings. The molecular weight excluding hydrogens is 253 g/mol. The number of hydrogen-bond donors (Lipinski definition) is 0. The fraction of sp³-hybridized carbons (Fsp3) is 0. The normalized spacial score (nSPS) is 22.7. The Balaban J connectivity index is 2.91. The first-order valence-corrected chi connectivity index (χ1v) is 37.1. The van der Waals surface area contributed by atoms with Crippen LogP contribution in [0.2, 0.25) is 0 Å². The minimum absolute atomic E-state index is 0.337. The Morgan fingerprint density at radius 2 is 1.11 bits per heavy atom. The maximum absolute atomic E-state index is 1.74. The van der Waals surface area contributed by atoms with E-state index in [2.05, 4.69) is 0 Å². The van der Waals surface area contributed by atoms with E-state index in [1.54, 1.807) is 39.0 Å². The molecule has 0 aromatic carbocycles. The van der Waals surface area contributed by atoms with Gasteiger partial charge in [-0.1, -0.05) is 0 Å².